The van der Waals surface area contributed by atoms with Crippen molar-refractivity contribution in [3.05, 3.63) is 47.5 Å². The van der Waals surface area contributed by atoms with E-state index in [4.69, 9.17) is 16.6 Å². The SMILES string of the molecule is C#C/C=C(/F)C/C=C\C/C=C/CN=CC(C(=O)O)=C(C)O. The summed E-state index contributed by atoms with van der Waals surface area (Å²) >= 11 is 0. The summed E-state index contributed by atoms with van der Waals surface area (Å²) in [5.41, 5.74) is -0.237. The average molecular weight is 291 g/mol. The van der Waals surface area contributed by atoms with Gasteiger partial charge in [0.05, 0.1) is 6.54 Å². The molecule has 21 heavy (non-hydrogen) atoms. The number of hydrogen-bond acceptors (Lipinski definition) is 3. The third-order valence-electron chi connectivity index (χ3n) is 2.21. The van der Waals surface area contributed by atoms with E-state index in [1.54, 1.807) is 18.2 Å². The van der Waals surface area contributed by atoms with Crippen molar-refractivity contribution in [2.45, 2.75) is 19.8 Å². The molecule has 112 valence electrons. The number of carboxylic acid groups (broad SMARTS) is 1. The van der Waals surface area contributed by atoms with Crippen molar-refractivity contribution in [2.24, 2.45) is 4.99 Å². The van der Waals surface area contributed by atoms with E-state index in [0.29, 0.717) is 13.0 Å². The van der Waals surface area contributed by atoms with Crippen LogP contribution in [0.2, 0.25) is 0 Å². The largest absolute Gasteiger partial charge is 0.512 e. The summed E-state index contributed by atoms with van der Waals surface area (Å²) in [7, 11) is 0. The van der Waals surface area contributed by atoms with E-state index in [2.05, 4.69) is 10.9 Å². The number of rotatable bonds is 8. The second-order valence-electron chi connectivity index (χ2n) is 3.94. The predicted octanol–water partition coefficient (Wildman–Crippen LogP) is 3.35. The van der Waals surface area contributed by atoms with Crippen LogP contribution >= 0.6 is 0 Å². The zero-order chi connectivity index (χ0) is 16.1. The lowest BCUT2D eigenvalue weighted by Gasteiger charge is -1.95. The van der Waals surface area contributed by atoms with Crippen molar-refractivity contribution in [1.29, 1.82) is 0 Å². The quantitative estimate of drug-likeness (QED) is 0.237. The van der Waals surface area contributed by atoms with Gasteiger partial charge in [-0.05, 0) is 13.3 Å². The second-order valence-corrected chi connectivity index (χ2v) is 3.94. The van der Waals surface area contributed by atoms with E-state index in [1.807, 2.05) is 6.08 Å². The first-order valence-corrected chi connectivity index (χ1v) is 6.22. The number of halogens is 1. The van der Waals surface area contributed by atoms with Crippen LogP contribution in [-0.4, -0.2) is 28.9 Å². The van der Waals surface area contributed by atoms with Crippen molar-refractivity contribution in [2.75, 3.05) is 6.54 Å². The third kappa shape index (κ3) is 9.91. The van der Waals surface area contributed by atoms with E-state index < -0.39 is 5.97 Å². The molecule has 0 unspecified atom stereocenters. The molecule has 0 amide bonds. The van der Waals surface area contributed by atoms with Crippen molar-refractivity contribution >= 4 is 12.2 Å². The Morgan fingerprint density at radius 3 is 2.52 bits per heavy atom. The van der Waals surface area contributed by atoms with Crippen molar-refractivity contribution in [3.8, 4) is 12.3 Å². The highest BCUT2D eigenvalue weighted by atomic mass is 19.1. The molecule has 0 heterocycles. The molecule has 0 fully saturated rings. The van der Waals surface area contributed by atoms with Gasteiger partial charge in [-0.25, -0.2) is 9.18 Å². The van der Waals surface area contributed by atoms with Gasteiger partial charge in [0.25, 0.3) is 0 Å². The van der Waals surface area contributed by atoms with Gasteiger partial charge in [-0.3, -0.25) is 4.99 Å². The summed E-state index contributed by atoms with van der Waals surface area (Å²) in [4.78, 5) is 14.6. The van der Waals surface area contributed by atoms with Gasteiger partial charge < -0.3 is 10.2 Å². The molecule has 0 aromatic rings. The standard InChI is InChI=1S/C16H18FNO3/c1-3-9-14(17)10-7-5-4-6-8-11-18-12-15(13(2)19)16(20)21/h1,5-9,12,19H,4,10-11H2,2H3,(H,20,21)/b7-5-,8-6+,14-9+,15-13?,18-12?. The Bertz CT molecular complexity index is 530. The highest BCUT2D eigenvalue weighted by Crippen LogP contribution is 2.03. The molecule has 0 aliphatic rings. The lowest BCUT2D eigenvalue weighted by molar-refractivity contribution is -0.132. The molecular weight excluding hydrogens is 273 g/mol. The van der Waals surface area contributed by atoms with Crippen molar-refractivity contribution in [3.63, 3.8) is 0 Å². The molecule has 2 N–H and O–H groups in total. The molecule has 0 rings (SSSR count). The Morgan fingerprint density at radius 1 is 1.29 bits per heavy atom. The molecule has 0 radical (unpaired) electrons. The number of aliphatic imine (C=N–C) groups is 1. The fourth-order valence-corrected chi connectivity index (χ4v) is 1.20. The first kappa shape index (κ1) is 18.4. The van der Waals surface area contributed by atoms with E-state index >= 15 is 0 Å². The lowest BCUT2D eigenvalue weighted by atomic mass is 10.2. The number of aliphatic hydroxyl groups excluding tert-OH is 1. The van der Waals surface area contributed by atoms with E-state index in [1.165, 1.54) is 6.92 Å². The average Bonchev–Trinajstić information content (AvgIpc) is 2.40. The monoisotopic (exact) mass is 291 g/mol. The number of nitrogens with zero attached hydrogens (tertiary/aromatic N) is 1. The van der Waals surface area contributed by atoms with Crippen LogP contribution in [0.25, 0.3) is 0 Å². The number of aliphatic carboxylic acids is 1. The molecule has 0 saturated carbocycles. The zero-order valence-electron chi connectivity index (χ0n) is 11.8. The summed E-state index contributed by atoms with van der Waals surface area (Å²) in [6.45, 7) is 1.58. The van der Waals surface area contributed by atoms with E-state index in [-0.39, 0.29) is 23.6 Å². The zero-order valence-corrected chi connectivity index (χ0v) is 11.8. The molecule has 0 atom stereocenters. The fraction of sp³-hybridized carbons (Fsp3) is 0.250. The first-order valence-electron chi connectivity index (χ1n) is 6.22. The molecule has 0 bridgehead atoms. The molecule has 4 nitrogen and oxygen atoms in total. The van der Waals surface area contributed by atoms with Crippen LogP contribution in [0.15, 0.2) is 52.5 Å². The number of terminal acetylenes is 1. The molecule has 0 saturated heterocycles. The fourth-order valence-electron chi connectivity index (χ4n) is 1.20. The second kappa shape index (κ2) is 11.2. The van der Waals surface area contributed by atoms with Crippen LogP contribution in [0.3, 0.4) is 0 Å². The van der Waals surface area contributed by atoms with Gasteiger partial charge in [-0.2, -0.15) is 0 Å². The molecule has 0 aliphatic carbocycles. The van der Waals surface area contributed by atoms with Crippen LogP contribution in [-0.2, 0) is 4.79 Å². The molecule has 5 heteroatoms. The minimum atomic E-state index is -1.23. The Kier molecular flexibility index (Phi) is 9.84. The van der Waals surface area contributed by atoms with Crippen molar-refractivity contribution < 1.29 is 19.4 Å². The number of carboxylic acids is 1. The highest BCUT2D eigenvalue weighted by Gasteiger charge is 2.07. The number of aliphatic hydroxyl groups is 1. The van der Waals surface area contributed by atoms with Crippen LogP contribution in [0.1, 0.15) is 19.8 Å². The maximum atomic E-state index is 12.8. The maximum Gasteiger partial charge on any atom is 0.340 e. The molecule has 0 aromatic carbocycles. The first-order chi connectivity index (χ1) is 9.99. The third-order valence-corrected chi connectivity index (χ3v) is 2.21. The van der Waals surface area contributed by atoms with Crippen molar-refractivity contribution in [1.82, 2.24) is 0 Å². The lowest BCUT2D eigenvalue weighted by Crippen LogP contribution is -2.04. The van der Waals surface area contributed by atoms with Crippen LogP contribution < -0.4 is 0 Å². The molecule has 0 aromatic heterocycles. The Labute approximate surface area is 123 Å². The summed E-state index contributed by atoms with van der Waals surface area (Å²) < 4.78 is 12.8. The Balaban J connectivity index is 4.07. The molecule has 0 spiro atoms. The summed E-state index contributed by atoms with van der Waals surface area (Å²) in [6, 6.07) is 0. The van der Waals surface area contributed by atoms with Gasteiger partial charge in [-0.15, -0.1) is 6.42 Å². The molecular formula is C16H18FNO3. The number of hydrogen-bond donors (Lipinski definition) is 2. The van der Waals surface area contributed by atoms with Gasteiger partial charge in [0.1, 0.15) is 17.2 Å². The topological polar surface area (TPSA) is 69.9 Å². The number of allylic oxidation sites excluding steroid dienone is 6. The Morgan fingerprint density at radius 2 is 1.95 bits per heavy atom. The smallest absolute Gasteiger partial charge is 0.340 e. The van der Waals surface area contributed by atoms with Crippen LogP contribution in [0.4, 0.5) is 4.39 Å². The summed E-state index contributed by atoms with van der Waals surface area (Å²) in [5.74, 6) is 0.217. The molecule has 0 aliphatic heterocycles. The van der Waals surface area contributed by atoms with Gasteiger partial charge in [-0.1, -0.05) is 30.2 Å². The maximum absolute atomic E-state index is 12.8. The summed E-state index contributed by atoms with van der Waals surface area (Å²) in [5, 5.41) is 17.8. The number of carbonyl (C=O) groups is 1. The van der Waals surface area contributed by atoms with Crippen LogP contribution in [0.5, 0.6) is 0 Å². The minimum Gasteiger partial charge on any atom is -0.512 e. The van der Waals surface area contributed by atoms with Crippen LogP contribution in [0, 0.1) is 12.3 Å². The van der Waals surface area contributed by atoms with Gasteiger partial charge in [0, 0.05) is 18.7 Å². The van der Waals surface area contributed by atoms with E-state index in [9.17, 15) is 9.18 Å². The predicted molar refractivity (Wildman–Crippen MR) is 81.9 cm³/mol. The normalized spacial score (nSPS) is 13.9. The highest BCUT2D eigenvalue weighted by molar-refractivity contribution is 6.08. The van der Waals surface area contributed by atoms with E-state index in [0.717, 1.165) is 12.3 Å². The minimum absolute atomic E-state index is 0.165. The van der Waals surface area contributed by atoms with Gasteiger partial charge in [0.2, 0.25) is 0 Å². The Hall–Kier alpha value is -2.61. The van der Waals surface area contributed by atoms with Gasteiger partial charge >= 0.3 is 5.97 Å². The summed E-state index contributed by atoms with van der Waals surface area (Å²) in [6.07, 6.45) is 14.9. The van der Waals surface area contributed by atoms with Gasteiger partial charge in [0.15, 0.2) is 0 Å².